The number of aromatic nitrogens is 1. The molecular weight excluding hydrogens is 352 g/mol. The van der Waals surface area contributed by atoms with Gasteiger partial charge in [-0.25, -0.2) is 9.47 Å². The number of aryl methyl sites for hydroxylation is 1. The molecule has 27 heavy (non-hydrogen) atoms. The van der Waals surface area contributed by atoms with Gasteiger partial charge in [-0.1, -0.05) is 6.07 Å². The Bertz CT molecular complexity index is 1070. The third-order valence-electron chi connectivity index (χ3n) is 4.76. The lowest BCUT2D eigenvalue weighted by atomic mass is 10.0. The molecule has 2 aliphatic rings. The molecule has 2 aliphatic heterocycles. The summed E-state index contributed by atoms with van der Waals surface area (Å²) in [7, 11) is 0. The molecule has 0 fully saturated rings. The van der Waals surface area contributed by atoms with E-state index in [1.807, 2.05) is 30.6 Å². The van der Waals surface area contributed by atoms with E-state index in [4.69, 9.17) is 4.99 Å². The minimum atomic E-state index is -0.0453. The summed E-state index contributed by atoms with van der Waals surface area (Å²) in [6.45, 7) is 8.77. The number of pyridine rings is 1. The summed E-state index contributed by atoms with van der Waals surface area (Å²) in [6, 6.07) is 7.88. The third-order valence-corrected chi connectivity index (χ3v) is 5.93. The van der Waals surface area contributed by atoms with Gasteiger partial charge < -0.3 is 0 Å². The van der Waals surface area contributed by atoms with Crippen LogP contribution in [0.25, 0.3) is 5.70 Å². The maximum absolute atomic E-state index is 4.91. The van der Waals surface area contributed by atoms with Crippen LogP contribution in [-0.2, 0) is 0 Å². The average Bonchev–Trinajstić information content (AvgIpc) is 3.21. The zero-order valence-electron chi connectivity index (χ0n) is 15.9. The van der Waals surface area contributed by atoms with Crippen LogP contribution >= 0.6 is 11.3 Å². The summed E-state index contributed by atoms with van der Waals surface area (Å²) in [5.74, 6) is 7.32. The molecule has 0 spiro atoms. The maximum atomic E-state index is 4.91. The van der Waals surface area contributed by atoms with Crippen molar-refractivity contribution in [3.05, 3.63) is 70.1 Å². The van der Waals surface area contributed by atoms with E-state index < -0.39 is 0 Å². The number of quaternary nitrogens is 1. The van der Waals surface area contributed by atoms with Crippen LogP contribution in [0.5, 0.6) is 0 Å². The first-order valence-electron chi connectivity index (χ1n) is 8.84. The van der Waals surface area contributed by atoms with Gasteiger partial charge in [-0.15, -0.1) is 11.3 Å². The van der Waals surface area contributed by atoms with Crippen LogP contribution in [-0.4, -0.2) is 27.1 Å². The fourth-order valence-electron chi connectivity index (χ4n) is 3.22. The second-order valence-electron chi connectivity index (χ2n) is 7.60. The first kappa shape index (κ1) is 17.6. The van der Waals surface area contributed by atoms with E-state index >= 15 is 0 Å². The van der Waals surface area contributed by atoms with Crippen molar-refractivity contribution in [3.63, 3.8) is 0 Å². The van der Waals surface area contributed by atoms with Crippen molar-refractivity contribution in [2.75, 3.05) is 0 Å². The monoisotopic (exact) mass is 373 g/mol. The Morgan fingerprint density at radius 3 is 2.70 bits per heavy atom. The fraction of sp³-hybridized carbons (Fsp3) is 0.227. The highest BCUT2D eigenvalue weighted by Gasteiger charge is 2.47. The van der Waals surface area contributed by atoms with Gasteiger partial charge in [-0.3, -0.25) is 4.99 Å². The third kappa shape index (κ3) is 3.08. The maximum Gasteiger partial charge on any atom is 0.256 e. The van der Waals surface area contributed by atoms with Gasteiger partial charge in [0.1, 0.15) is 35.5 Å². The lowest BCUT2D eigenvalue weighted by molar-refractivity contribution is -0.783. The predicted molar refractivity (Wildman–Crippen MR) is 112 cm³/mol. The summed E-state index contributed by atoms with van der Waals surface area (Å²) in [5, 5.41) is 0. The van der Waals surface area contributed by atoms with Crippen molar-refractivity contribution in [3.8, 4) is 11.8 Å². The van der Waals surface area contributed by atoms with Gasteiger partial charge in [0.2, 0.25) is 0 Å². The minimum Gasteiger partial charge on any atom is -0.251 e. The molecule has 0 aliphatic carbocycles. The van der Waals surface area contributed by atoms with Crippen LogP contribution in [0, 0.1) is 18.8 Å². The minimum absolute atomic E-state index is 0.0453. The molecule has 1 unspecified atom stereocenters. The second kappa shape index (κ2) is 6.41. The van der Waals surface area contributed by atoms with Crippen molar-refractivity contribution >= 4 is 29.1 Å². The highest BCUT2D eigenvalue weighted by molar-refractivity contribution is 7.13. The highest BCUT2D eigenvalue weighted by Crippen LogP contribution is 2.40. The molecule has 4 heterocycles. The highest BCUT2D eigenvalue weighted by atomic mass is 32.1. The van der Waals surface area contributed by atoms with Crippen LogP contribution in [0.15, 0.2) is 59.0 Å². The number of hydrogen-bond donors (Lipinski definition) is 0. The lowest BCUT2D eigenvalue weighted by Gasteiger charge is -2.39. The molecular formula is C22H21N4S+. The molecule has 5 heteroatoms. The van der Waals surface area contributed by atoms with Crippen LogP contribution in [0.4, 0.5) is 0 Å². The topological polar surface area (TPSA) is 37.6 Å². The van der Waals surface area contributed by atoms with Gasteiger partial charge in [0.05, 0.1) is 16.0 Å². The van der Waals surface area contributed by atoms with Crippen molar-refractivity contribution in [2.45, 2.75) is 33.2 Å². The van der Waals surface area contributed by atoms with E-state index in [0.29, 0.717) is 4.48 Å². The molecule has 0 saturated heterocycles. The second-order valence-corrected chi connectivity index (χ2v) is 8.65. The first-order chi connectivity index (χ1) is 12.9. The van der Waals surface area contributed by atoms with Crippen molar-refractivity contribution in [1.82, 2.24) is 4.98 Å². The Morgan fingerprint density at radius 1 is 1.15 bits per heavy atom. The van der Waals surface area contributed by atoms with Crippen LogP contribution < -0.4 is 0 Å². The fourth-order valence-corrected chi connectivity index (χ4v) is 4.20. The number of nitrogens with zero attached hydrogens (tertiary/aromatic N) is 4. The first-order valence-corrected chi connectivity index (χ1v) is 9.66. The molecule has 0 aromatic carbocycles. The smallest absolute Gasteiger partial charge is 0.251 e. The summed E-state index contributed by atoms with van der Waals surface area (Å²) in [5.41, 5.74) is 2.91. The molecule has 4 nitrogen and oxygen atoms in total. The normalized spacial score (nSPS) is 20.6. The Hall–Kier alpha value is -2.81. The molecule has 0 saturated carbocycles. The van der Waals surface area contributed by atoms with Gasteiger partial charge in [-0.2, -0.15) is 4.99 Å². The quantitative estimate of drug-likeness (QED) is 0.526. The lowest BCUT2D eigenvalue weighted by Crippen LogP contribution is -2.56. The molecule has 2 aromatic heterocycles. The number of rotatable bonds is 1. The Kier molecular flexibility index (Phi) is 4.18. The van der Waals surface area contributed by atoms with E-state index in [1.54, 1.807) is 17.5 Å². The standard InChI is InChI=1S/C22H21N4S/c1-16-13-18(9-8-17-7-5-6-10-24-17)27-21(16)19-15-26(22(2,3)4)12-11-23-14-20(26)25-19/h5-7,10-15H,1-4H3/q+1. The summed E-state index contributed by atoms with van der Waals surface area (Å²) < 4.78 is 0.581. The number of fused-ring (bicyclic) bond motifs is 1. The van der Waals surface area contributed by atoms with Crippen LogP contribution in [0.1, 0.15) is 41.8 Å². The van der Waals surface area contributed by atoms with Gasteiger partial charge in [0, 0.05) is 6.20 Å². The van der Waals surface area contributed by atoms with E-state index in [1.165, 1.54) is 5.56 Å². The zero-order chi connectivity index (χ0) is 19.1. The largest absolute Gasteiger partial charge is 0.256 e. The van der Waals surface area contributed by atoms with Crippen LogP contribution in [0.2, 0.25) is 0 Å². The van der Waals surface area contributed by atoms with Gasteiger partial charge in [0.25, 0.3) is 5.84 Å². The summed E-state index contributed by atoms with van der Waals surface area (Å²) >= 11 is 1.68. The average molecular weight is 374 g/mol. The van der Waals surface area contributed by atoms with Crippen molar-refractivity contribution < 1.29 is 4.48 Å². The number of thiophene rings is 1. The predicted octanol–water partition coefficient (Wildman–Crippen LogP) is 4.73. The Morgan fingerprint density at radius 2 is 2.00 bits per heavy atom. The van der Waals surface area contributed by atoms with Crippen molar-refractivity contribution in [2.24, 2.45) is 9.98 Å². The molecule has 0 amide bonds. The van der Waals surface area contributed by atoms with E-state index in [9.17, 15) is 0 Å². The van der Waals surface area contributed by atoms with Gasteiger partial charge in [0.15, 0.2) is 0 Å². The van der Waals surface area contributed by atoms with Crippen molar-refractivity contribution in [1.29, 1.82) is 0 Å². The van der Waals surface area contributed by atoms with E-state index in [0.717, 1.165) is 27.0 Å². The number of aliphatic imine (C=N–C) groups is 2. The van der Waals surface area contributed by atoms with E-state index in [-0.39, 0.29) is 5.54 Å². The number of amidine groups is 1. The number of hydrogen-bond acceptors (Lipinski definition) is 4. The molecule has 0 bridgehead atoms. The zero-order valence-corrected chi connectivity index (χ0v) is 16.7. The van der Waals surface area contributed by atoms with E-state index in [2.05, 4.69) is 68.0 Å². The summed E-state index contributed by atoms with van der Waals surface area (Å²) in [6.07, 6.45) is 9.81. The Labute approximate surface area is 163 Å². The van der Waals surface area contributed by atoms with Crippen LogP contribution in [0.3, 0.4) is 0 Å². The molecule has 0 radical (unpaired) electrons. The molecule has 1 atom stereocenters. The molecule has 2 aromatic rings. The molecule has 134 valence electrons. The summed E-state index contributed by atoms with van der Waals surface area (Å²) in [4.78, 5) is 15.6. The molecule has 4 rings (SSSR count). The van der Waals surface area contributed by atoms with Gasteiger partial charge in [-0.05, 0) is 63.3 Å². The van der Waals surface area contributed by atoms with Gasteiger partial charge >= 0.3 is 0 Å². The Balaban J connectivity index is 1.72. The SMILES string of the molecule is Cc1cc(C#Cc2ccccn2)sc1C1=C[N+]2(C(C)(C)C)C=CN=CC2=N1. The molecule has 0 N–H and O–H groups in total.